The number of hydrogen-bond acceptors (Lipinski definition) is 2. The Bertz CT molecular complexity index is 393. The normalized spacial score (nSPS) is 12.4. The Kier molecular flexibility index (Phi) is 4.66. The molecule has 0 atom stereocenters. The van der Waals surface area contributed by atoms with Crippen molar-refractivity contribution in [1.29, 1.82) is 0 Å². The molecular formula is C11H9Cl3O2. The van der Waals surface area contributed by atoms with Gasteiger partial charge in [-0.1, -0.05) is 65.1 Å². The Morgan fingerprint density at radius 3 is 2.25 bits per heavy atom. The van der Waals surface area contributed by atoms with Crippen LogP contribution in [0.1, 0.15) is 12.5 Å². The van der Waals surface area contributed by atoms with Gasteiger partial charge in [0.1, 0.15) is 0 Å². The van der Waals surface area contributed by atoms with Gasteiger partial charge < -0.3 is 4.74 Å². The van der Waals surface area contributed by atoms with Crippen LogP contribution < -0.4 is 0 Å². The van der Waals surface area contributed by atoms with E-state index in [1.54, 1.807) is 12.1 Å². The summed E-state index contributed by atoms with van der Waals surface area (Å²) in [5.41, 5.74) is 0.782. The molecule has 0 saturated heterocycles. The Hall–Kier alpha value is -0.700. The lowest BCUT2D eigenvalue weighted by molar-refractivity contribution is -0.136. The van der Waals surface area contributed by atoms with E-state index in [1.807, 2.05) is 18.2 Å². The van der Waals surface area contributed by atoms with Gasteiger partial charge in [-0.15, -0.1) is 0 Å². The van der Waals surface area contributed by atoms with Crippen LogP contribution in [0.5, 0.6) is 0 Å². The minimum Gasteiger partial charge on any atom is -0.427 e. The van der Waals surface area contributed by atoms with Crippen LogP contribution in [0.25, 0.3) is 6.08 Å². The van der Waals surface area contributed by atoms with Crippen molar-refractivity contribution in [1.82, 2.24) is 0 Å². The van der Waals surface area contributed by atoms with Crippen LogP contribution >= 0.6 is 34.8 Å². The zero-order valence-electron chi connectivity index (χ0n) is 8.41. The predicted octanol–water partition coefficient (Wildman–Crippen LogP) is 3.96. The van der Waals surface area contributed by atoms with Crippen LogP contribution in [-0.4, -0.2) is 9.76 Å². The van der Waals surface area contributed by atoms with Crippen molar-refractivity contribution in [3.05, 3.63) is 41.7 Å². The first-order chi connectivity index (χ1) is 7.39. The van der Waals surface area contributed by atoms with Gasteiger partial charge in [0.15, 0.2) is 5.76 Å². The molecule has 1 aromatic rings. The summed E-state index contributed by atoms with van der Waals surface area (Å²) in [7, 11) is 0. The van der Waals surface area contributed by atoms with Gasteiger partial charge in [-0.25, -0.2) is 0 Å². The molecule has 0 aliphatic carbocycles. The largest absolute Gasteiger partial charge is 0.427 e. The summed E-state index contributed by atoms with van der Waals surface area (Å²) < 4.78 is 3.08. The van der Waals surface area contributed by atoms with E-state index in [0.717, 1.165) is 5.56 Å². The van der Waals surface area contributed by atoms with E-state index in [2.05, 4.69) is 0 Å². The average molecular weight is 280 g/mol. The van der Waals surface area contributed by atoms with E-state index in [9.17, 15) is 4.79 Å². The number of ether oxygens (including phenoxy) is 1. The minimum atomic E-state index is -1.76. The van der Waals surface area contributed by atoms with Crippen molar-refractivity contribution in [3.63, 3.8) is 0 Å². The van der Waals surface area contributed by atoms with E-state index in [4.69, 9.17) is 39.5 Å². The third kappa shape index (κ3) is 4.44. The second kappa shape index (κ2) is 5.58. The van der Waals surface area contributed by atoms with Crippen LogP contribution in [0.3, 0.4) is 0 Å². The third-order valence-electron chi connectivity index (χ3n) is 1.63. The monoisotopic (exact) mass is 278 g/mol. The Morgan fingerprint density at radius 1 is 1.25 bits per heavy atom. The molecule has 0 spiro atoms. The number of carbonyl (C=O) groups excluding carboxylic acids is 1. The highest BCUT2D eigenvalue weighted by Crippen LogP contribution is 2.36. The summed E-state index contributed by atoms with van der Waals surface area (Å²) in [5.74, 6) is -0.551. The van der Waals surface area contributed by atoms with Gasteiger partial charge in [-0.2, -0.15) is 0 Å². The number of alkyl halides is 3. The van der Waals surface area contributed by atoms with Gasteiger partial charge >= 0.3 is 5.97 Å². The maximum absolute atomic E-state index is 10.9. The molecule has 0 radical (unpaired) electrons. The number of halogens is 3. The summed E-state index contributed by atoms with van der Waals surface area (Å²) in [6.07, 6.45) is 1.51. The van der Waals surface area contributed by atoms with Crippen LogP contribution in [0.15, 0.2) is 36.1 Å². The fourth-order valence-corrected chi connectivity index (χ4v) is 1.30. The molecule has 0 amide bonds. The highest BCUT2D eigenvalue weighted by molar-refractivity contribution is 6.69. The first-order valence-corrected chi connectivity index (χ1v) is 5.55. The quantitative estimate of drug-likeness (QED) is 0.465. The number of benzene rings is 1. The number of esters is 1. The number of hydrogen-bond donors (Lipinski definition) is 0. The van der Waals surface area contributed by atoms with Gasteiger partial charge in [0, 0.05) is 6.92 Å². The second-order valence-electron chi connectivity index (χ2n) is 3.01. The van der Waals surface area contributed by atoms with Crippen LogP contribution in [0.4, 0.5) is 0 Å². The van der Waals surface area contributed by atoms with Gasteiger partial charge in [-0.3, -0.25) is 4.79 Å². The summed E-state index contributed by atoms with van der Waals surface area (Å²) in [6, 6.07) is 9.13. The first-order valence-electron chi connectivity index (χ1n) is 4.42. The van der Waals surface area contributed by atoms with Crippen LogP contribution in [0, 0.1) is 0 Å². The zero-order valence-corrected chi connectivity index (χ0v) is 10.7. The summed E-state index contributed by atoms with van der Waals surface area (Å²) in [6.45, 7) is 1.25. The average Bonchev–Trinajstić information content (AvgIpc) is 2.16. The molecule has 0 aromatic heterocycles. The summed E-state index contributed by atoms with van der Waals surface area (Å²) in [5, 5.41) is 0. The van der Waals surface area contributed by atoms with Crippen molar-refractivity contribution in [2.45, 2.75) is 10.7 Å². The molecule has 5 heteroatoms. The van der Waals surface area contributed by atoms with Gasteiger partial charge in [-0.05, 0) is 11.6 Å². The maximum Gasteiger partial charge on any atom is 0.307 e. The standard InChI is InChI=1S/C11H9Cl3O2/c1-8(15)16-10(11(12,13)14)7-9-5-3-2-4-6-9/h2-7H,1H3/b10-7-. The summed E-state index contributed by atoms with van der Waals surface area (Å²) in [4.78, 5) is 10.9. The van der Waals surface area contributed by atoms with E-state index < -0.39 is 9.76 Å². The highest BCUT2D eigenvalue weighted by Gasteiger charge is 2.29. The maximum atomic E-state index is 10.9. The summed E-state index contributed by atoms with van der Waals surface area (Å²) >= 11 is 17.0. The van der Waals surface area contributed by atoms with Gasteiger partial charge in [0.2, 0.25) is 3.79 Å². The van der Waals surface area contributed by atoms with Crippen molar-refractivity contribution in [3.8, 4) is 0 Å². The van der Waals surface area contributed by atoms with Crippen LogP contribution in [-0.2, 0) is 9.53 Å². The predicted molar refractivity (Wildman–Crippen MR) is 66.5 cm³/mol. The number of allylic oxidation sites excluding steroid dienone is 1. The Balaban J connectivity index is 3.02. The molecule has 0 bridgehead atoms. The molecule has 1 aromatic carbocycles. The minimum absolute atomic E-state index is 0.0174. The molecule has 0 aliphatic heterocycles. The van der Waals surface area contributed by atoms with Gasteiger partial charge in [0.25, 0.3) is 0 Å². The molecule has 0 aliphatic rings. The molecule has 0 unspecified atom stereocenters. The number of rotatable bonds is 2. The fourth-order valence-electron chi connectivity index (χ4n) is 1.02. The van der Waals surface area contributed by atoms with Crippen molar-refractivity contribution in [2.75, 3.05) is 0 Å². The molecule has 0 N–H and O–H groups in total. The molecule has 2 nitrogen and oxygen atoms in total. The molecule has 16 heavy (non-hydrogen) atoms. The van der Waals surface area contributed by atoms with Gasteiger partial charge in [0.05, 0.1) is 0 Å². The zero-order chi connectivity index (χ0) is 12.2. The fraction of sp³-hybridized carbons (Fsp3) is 0.182. The van der Waals surface area contributed by atoms with Crippen molar-refractivity contribution >= 4 is 46.8 Å². The molecule has 0 heterocycles. The smallest absolute Gasteiger partial charge is 0.307 e. The molecule has 0 fully saturated rings. The third-order valence-corrected chi connectivity index (χ3v) is 2.19. The lowest BCUT2D eigenvalue weighted by Gasteiger charge is -2.14. The van der Waals surface area contributed by atoms with E-state index >= 15 is 0 Å². The lowest BCUT2D eigenvalue weighted by Crippen LogP contribution is -2.13. The van der Waals surface area contributed by atoms with E-state index in [1.165, 1.54) is 13.0 Å². The Labute approximate surface area is 109 Å². The van der Waals surface area contributed by atoms with E-state index in [-0.39, 0.29) is 5.76 Å². The SMILES string of the molecule is CC(=O)O/C(=C\c1ccccc1)C(Cl)(Cl)Cl. The Morgan fingerprint density at radius 2 is 1.81 bits per heavy atom. The molecular weight excluding hydrogens is 270 g/mol. The topological polar surface area (TPSA) is 26.3 Å². The van der Waals surface area contributed by atoms with Crippen LogP contribution in [0.2, 0.25) is 0 Å². The highest BCUT2D eigenvalue weighted by atomic mass is 35.6. The second-order valence-corrected chi connectivity index (χ2v) is 5.29. The first kappa shape index (κ1) is 13.4. The molecule has 1 rings (SSSR count). The van der Waals surface area contributed by atoms with E-state index in [0.29, 0.717) is 0 Å². The molecule has 86 valence electrons. The molecule has 0 saturated carbocycles. The van der Waals surface area contributed by atoms with Crippen molar-refractivity contribution in [2.24, 2.45) is 0 Å². The lowest BCUT2D eigenvalue weighted by atomic mass is 10.2. The number of carbonyl (C=O) groups is 1. The van der Waals surface area contributed by atoms with Crippen molar-refractivity contribution < 1.29 is 9.53 Å².